The molecule has 1 unspecified atom stereocenters. The Morgan fingerprint density at radius 3 is 2.27 bits per heavy atom. The molecule has 0 rings (SSSR count). The van der Waals surface area contributed by atoms with Crippen molar-refractivity contribution in [1.82, 2.24) is 0 Å². The molecule has 1 atom stereocenters. The standard InChI is InChI=1S/C10H22O3S2/c1-3-5-7-9-13-15(11,12)10(14)8-6-4-2/h10,14H,3-9H2,1-2H3. The van der Waals surface area contributed by atoms with Crippen LogP contribution in [0.5, 0.6) is 0 Å². The fourth-order valence-electron chi connectivity index (χ4n) is 1.13. The lowest BCUT2D eigenvalue weighted by molar-refractivity contribution is 0.306. The molecule has 0 saturated carbocycles. The number of hydrogen-bond donors (Lipinski definition) is 1. The van der Waals surface area contributed by atoms with Crippen molar-refractivity contribution in [1.29, 1.82) is 0 Å². The summed E-state index contributed by atoms with van der Waals surface area (Å²) < 4.78 is 27.2. The van der Waals surface area contributed by atoms with Gasteiger partial charge in [0, 0.05) is 0 Å². The van der Waals surface area contributed by atoms with Crippen molar-refractivity contribution < 1.29 is 12.6 Å². The molecule has 0 fully saturated rings. The van der Waals surface area contributed by atoms with Gasteiger partial charge >= 0.3 is 0 Å². The second-order valence-corrected chi connectivity index (χ2v) is 6.38. The molecule has 0 aliphatic heterocycles. The minimum absolute atomic E-state index is 0.291. The highest BCUT2D eigenvalue weighted by Gasteiger charge is 2.21. The van der Waals surface area contributed by atoms with E-state index in [2.05, 4.69) is 19.6 Å². The molecule has 0 saturated heterocycles. The summed E-state index contributed by atoms with van der Waals surface area (Å²) in [5.41, 5.74) is 0. The zero-order chi connectivity index (χ0) is 11.7. The van der Waals surface area contributed by atoms with Crippen molar-refractivity contribution in [2.75, 3.05) is 6.61 Å². The second kappa shape index (κ2) is 8.42. The molecule has 0 radical (unpaired) electrons. The molecule has 0 aromatic carbocycles. The van der Waals surface area contributed by atoms with Gasteiger partial charge in [-0.3, -0.25) is 4.18 Å². The van der Waals surface area contributed by atoms with Gasteiger partial charge in [0.05, 0.1) is 6.61 Å². The summed E-state index contributed by atoms with van der Waals surface area (Å²) in [4.78, 5) is 0. The topological polar surface area (TPSA) is 43.4 Å². The predicted octanol–water partition coefficient (Wildman–Crippen LogP) is 2.97. The zero-order valence-corrected chi connectivity index (χ0v) is 11.3. The molecule has 0 spiro atoms. The van der Waals surface area contributed by atoms with E-state index in [0.29, 0.717) is 13.0 Å². The van der Waals surface area contributed by atoms with Gasteiger partial charge in [0.15, 0.2) is 0 Å². The van der Waals surface area contributed by atoms with Gasteiger partial charge in [0.25, 0.3) is 10.1 Å². The molecular formula is C10H22O3S2. The Morgan fingerprint density at radius 2 is 1.73 bits per heavy atom. The van der Waals surface area contributed by atoms with Crippen molar-refractivity contribution >= 4 is 22.7 Å². The van der Waals surface area contributed by atoms with Gasteiger partial charge in [-0.2, -0.15) is 21.0 Å². The molecule has 0 heterocycles. The quantitative estimate of drug-likeness (QED) is 0.391. The molecule has 15 heavy (non-hydrogen) atoms. The summed E-state index contributed by atoms with van der Waals surface area (Å²) >= 11 is 4.06. The summed E-state index contributed by atoms with van der Waals surface area (Å²) in [6, 6.07) is 0. The first-order chi connectivity index (χ1) is 7.04. The SMILES string of the molecule is CCCCCOS(=O)(=O)C(S)CCCC. The maximum Gasteiger partial charge on any atom is 0.279 e. The van der Waals surface area contributed by atoms with Crippen molar-refractivity contribution in [3.05, 3.63) is 0 Å². The third-order valence-corrected chi connectivity index (χ3v) is 4.56. The normalized spacial score (nSPS) is 14.1. The van der Waals surface area contributed by atoms with E-state index in [4.69, 9.17) is 4.18 Å². The van der Waals surface area contributed by atoms with Crippen molar-refractivity contribution in [3.8, 4) is 0 Å². The maximum absolute atomic E-state index is 11.5. The van der Waals surface area contributed by atoms with Gasteiger partial charge in [-0.15, -0.1) is 0 Å². The number of rotatable bonds is 9. The van der Waals surface area contributed by atoms with Crippen LogP contribution in [-0.2, 0) is 14.3 Å². The second-order valence-electron chi connectivity index (χ2n) is 3.62. The van der Waals surface area contributed by atoms with Crippen LogP contribution < -0.4 is 0 Å². The zero-order valence-electron chi connectivity index (χ0n) is 9.61. The monoisotopic (exact) mass is 254 g/mol. The summed E-state index contributed by atoms with van der Waals surface area (Å²) in [5.74, 6) is 0. The van der Waals surface area contributed by atoms with E-state index in [1.165, 1.54) is 0 Å². The Balaban J connectivity index is 3.84. The van der Waals surface area contributed by atoms with E-state index in [-0.39, 0.29) is 0 Å². The first-order valence-electron chi connectivity index (χ1n) is 5.61. The summed E-state index contributed by atoms with van der Waals surface area (Å²) in [5, 5.41) is 0. The Hall–Kier alpha value is 0.260. The Labute approximate surface area is 99.1 Å². The predicted molar refractivity (Wildman–Crippen MR) is 66.7 cm³/mol. The Bertz CT molecular complexity index is 237. The molecule has 0 aliphatic rings. The van der Waals surface area contributed by atoms with Crippen LogP contribution in [0, 0.1) is 0 Å². The van der Waals surface area contributed by atoms with Crippen LogP contribution in [0.25, 0.3) is 0 Å². The molecule has 0 N–H and O–H groups in total. The van der Waals surface area contributed by atoms with Gasteiger partial charge < -0.3 is 0 Å². The van der Waals surface area contributed by atoms with Gasteiger partial charge in [0.2, 0.25) is 0 Å². The lowest BCUT2D eigenvalue weighted by atomic mass is 10.3. The van der Waals surface area contributed by atoms with Gasteiger partial charge in [0.1, 0.15) is 4.58 Å². The van der Waals surface area contributed by atoms with Crippen LogP contribution >= 0.6 is 12.6 Å². The summed E-state index contributed by atoms with van der Waals surface area (Å²) in [6.45, 7) is 4.38. The minimum atomic E-state index is -3.45. The van der Waals surface area contributed by atoms with Crippen LogP contribution in [0.4, 0.5) is 0 Å². The van der Waals surface area contributed by atoms with Crippen molar-refractivity contribution in [2.24, 2.45) is 0 Å². The van der Waals surface area contributed by atoms with Crippen LogP contribution in [0.15, 0.2) is 0 Å². The fourth-order valence-corrected chi connectivity index (χ4v) is 2.46. The molecular weight excluding hydrogens is 232 g/mol. The van der Waals surface area contributed by atoms with E-state index in [0.717, 1.165) is 32.1 Å². The summed E-state index contributed by atoms with van der Waals surface area (Å²) in [6.07, 6.45) is 5.26. The van der Waals surface area contributed by atoms with Crippen LogP contribution in [0.3, 0.4) is 0 Å². The molecule has 3 nitrogen and oxygen atoms in total. The van der Waals surface area contributed by atoms with E-state index < -0.39 is 14.7 Å². The third kappa shape index (κ3) is 7.19. The number of thiol groups is 1. The Kier molecular flexibility index (Phi) is 8.56. The van der Waals surface area contributed by atoms with E-state index >= 15 is 0 Å². The number of unbranched alkanes of at least 4 members (excludes halogenated alkanes) is 3. The van der Waals surface area contributed by atoms with E-state index in [9.17, 15) is 8.42 Å². The first-order valence-corrected chi connectivity index (χ1v) is 7.59. The highest BCUT2D eigenvalue weighted by Crippen LogP contribution is 2.16. The third-order valence-electron chi connectivity index (χ3n) is 2.13. The van der Waals surface area contributed by atoms with Gasteiger partial charge in [-0.05, 0) is 12.8 Å². The first kappa shape index (κ1) is 15.3. The minimum Gasteiger partial charge on any atom is -0.269 e. The molecule has 5 heteroatoms. The van der Waals surface area contributed by atoms with Gasteiger partial charge in [-0.25, -0.2) is 0 Å². The Morgan fingerprint density at radius 1 is 1.13 bits per heavy atom. The lowest BCUT2D eigenvalue weighted by Crippen LogP contribution is -2.19. The van der Waals surface area contributed by atoms with Gasteiger partial charge in [-0.1, -0.05) is 39.5 Å². The molecule has 92 valence electrons. The molecule has 0 aromatic heterocycles. The maximum atomic E-state index is 11.5. The average molecular weight is 254 g/mol. The van der Waals surface area contributed by atoms with E-state index in [1.54, 1.807) is 0 Å². The van der Waals surface area contributed by atoms with E-state index in [1.807, 2.05) is 6.92 Å². The summed E-state index contributed by atoms with van der Waals surface area (Å²) in [7, 11) is -3.45. The lowest BCUT2D eigenvalue weighted by Gasteiger charge is -2.11. The van der Waals surface area contributed by atoms with Crippen molar-refractivity contribution in [3.63, 3.8) is 0 Å². The van der Waals surface area contributed by atoms with Crippen LogP contribution in [0.1, 0.15) is 52.4 Å². The molecule has 0 bridgehead atoms. The molecule has 0 aliphatic carbocycles. The number of hydrogen-bond acceptors (Lipinski definition) is 4. The molecule has 0 amide bonds. The van der Waals surface area contributed by atoms with Crippen molar-refractivity contribution in [2.45, 2.75) is 57.0 Å². The fraction of sp³-hybridized carbons (Fsp3) is 1.00. The van der Waals surface area contributed by atoms with Crippen LogP contribution in [-0.4, -0.2) is 19.6 Å². The smallest absolute Gasteiger partial charge is 0.269 e. The average Bonchev–Trinajstić information content (AvgIpc) is 2.21. The highest BCUT2D eigenvalue weighted by atomic mass is 32.3. The van der Waals surface area contributed by atoms with Crippen LogP contribution in [0.2, 0.25) is 0 Å². The largest absolute Gasteiger partial charge is 0.279 e. The highest BCUT2D eigenvalue weighted by molar-refractivity contribution is 8.02. The molecule has 0 aromatic rings.